The molecule has 0 fully saturated rings. The Morgan fingerprint density at radius 2 is 2.38 bits per heavy atom. The van der Waals surface area contributed by atoms with Crippen LogP contribution < -0.4 is 5.73 Å². The molecule has 0 amide bonds. The lowest BCUT2D eigenvalue weighted by Gasteiger charge is -2.25. The van der Waals surface area contributed by atoms with Crippen molar-refractivity contribution in [3.05, 3.63) is 34.6 Å². The van der Waals surface area contributed by atoms with E-state index in [1.54, 1.807) is 6.07 Å². The quantitative estimate of drug-likeness (QED) is 0.862. The van der Waals surface area contributed by atoms with Crippen LogP contribution in [0.4, 0.5) is 4.39 Å². The molecular formula is C11H13ClFN3. The Morgan fingerprint density at radius 1 is 1.62 bits per heavy atom. The number of nitrogens with two attached hydrogens (primary N) is 1. The third-order valence-electron chi connectivity index (χ3n) is 2.75. The maximum absolute atomic E-state index is 13.7. The maximum atomic E-state index is 13.7. The van der Waals surface area contributed by atoms with Crippen molar-refractivity contribution in [1.29, 1.82) is 0 Å². The first-order valence-corrected chi connectivity index (χ1v) is 5.52. The highest BCUT2D eigenvalue weighted by Gasteiger charge is 2.28. The van der Waals surface area contributed by atoms with Crippen LogP contribution in [-0.4, -0.2) is 23.9 Å². The Bertz CT molecular complexity index is 433. The summed E-state index contributed by atoms with van der Waals surface area (Å²) in [5.74, 6) is 0.199. The molecule has 1 aliphatic heterocycles. The highest BCUT2D eigenvalue weighted by molar-refractivity contribution is 6.30. The van der Waals surface area contributed by atoms with Gasteiger partial charge in [-0.15, -0.1) is 0 Å². The first-order valence-electron chi connectivity index (χ1n) is 5.15. The molecule has 1 atom stereocenters. The Labute approximate surface area is 98.7 Å². The predicted molar refractivity (Wildman–Crippen MR) is 63.0 cm³/mol. The molecule has 5 heteroatoms. The predicted octanol–water partition coefficient (Wildman–Crippen LogP) is 2.17. The van der Waals surface area contributed by atoms with E-state index < -0.39 is 0 Å². The van der Waals surface area contributed by atoms with Gasteiger partial charge in [0.25, 0.3) is 0 Å². The van der Waals surface area contributed by atoms with Crippen molar-refractivity contribution in [2.75, 3.05) is 13.1 Å². The third kappa shape index (κ3) is 1.85. The van der Waals surface area contributed by atoms with Crippen molar-refractivity contribution in [2.24, 2.45) is 10.7 Å². The standard InChI is InChI=1S/C11H13ClFN3/c1-2-16-10(6-15-11(16)14)8-5-7(12)3-4-9(8)13/h3-5,10H,2,6H2,1H3,(H2,14,15). The largest absolute Gasteiger partial charge is 0.370 e. The number of guanidine groups is 1. The average Bonchev–Trinajstić information content (AvgIpc) is 2.63. The van der Waals surface area contributed by atoms with Gasteiger partial charge in [0.05, 0.1) is 12.6 Å². The molecule has 0 bridgehead atoms. The molecule has 0 radical (unpaired) electrons. The van der Waals surface area contributed by atoms with Crippen LogP contribution in [0.15, 0.2) is 23.2 Å². The van der Waals surface area contributed by atoms with Gasteiger partial charge in [0, 0.05) is 17.1 Å². The van der Waals surface area contributed by atoms with E-state index in [-0.39, 0.29) is 11.9 Å². The minimum atomic E-state index is -0.266. The minimum Gasteiger partial charge on any atom is -0.370 e. The van der Waals surface area contributed by atoms with Crippen molar-refractivity contribution in [3.63, 3.8) is 0 Å². The lowest BCUT2D eigenvalue weighted by atomic mass is 10.1. The van der Waals surface area contributed by atoms with Gasteiger partial charge >= 0.3 is 0 Å². The van der Waals surface area contributed by atoms with Crippen molar-refractivity contribution >= 4 is 17.6 Å². The van der Waals surface area contributed by atoms with Crippen molar-refractivity contribution < 1.29 is 4.39 Å². The van der Waals surface area contributed by atoms with Crippen molar-refractivity contribution in [2.45, 2.75) is 13.0 Å². The highest BCUT2D eigenvalue weighted by Crippen LogP contribution is 2.29. The topological polar surface area (TPSA) is 41.6 Å². The van der Waals surface area contributed by atoms with E-state index >= 15 is 0 Å². The molecule has 16 heavy (non-hydrogen) atoms. The van der Waals surface area contributed by atoms with E-state index in [0.29, 0.717) is 29.6 Å². The summed E-state index contributed by atoms with van der Waals surface area (Å²) in [7, 11) is 0. The second kappa shape index (κ2) is 4.29. The molecule has 86 valence electrons. The molecular weight excluding hydrogens is 229 g/mol. The van der Waals surface area contributed by atoms with Gasteiger partial charge < -0.3 is 10.6 Å². The number of likely N-dealkylation sites (N-methyl/N-ethyl adjacent to an activating group) is 1. The Hall–Kier alpha value is -1.29. The first-order chi connectivity index (χ1) is 7.63. The van der Waals surface area contributed by atoms with Gasteiger partial charge in [0.1, 0.15) is 5.82 Å². The molecule has 0 saturated heterocycles. The zero-order valence-corrected chi connectivity index (χ0v) is 9.71. The molecule has 0 aliphatic carbocycles. The number of hydrogen-bond acceptors (Lipinski definition) is 3. The van der Waals surface area contributed by atoms with Gasteiger partial charge in [-0.3, -0.25) is 4.99 Å². The van der Waals surface area contributed by atoms with Crippen LogP contribution >= 0.6 is 11.6 Å². The van der Waals surface area contributed by atoms with E-state index in [4.69, 9.17) is 17.3 Å². The summed E-state index contributed by atoms with van der Waals surface area (Å²) in [5, 5.41) is 0.526. The molecule has 1 aliphatic rings. The third-order valence-corrected chi connectivity index (χ3v) is 2.99. The van der Waals surface area contributed by atoms with Crippen LogP contribution in [0.1, 0.15) is 18.5 Å². The molecule has 2 rings (SSSR count). The fourth-order valence-corrected chi connectivity index (χ4v) is 2.13. The maximum Gasteiger partial charge on any atom is 0.191 e. The summed E-state index contributed by atoms with van der Waals surface area (Å²) in [5.41, 5.74) is 6.28. The zero-order valence-electron chi connectivity index (χ0n) is 8.95. The molecule has 1 aromatic rings. The fourth-order valence-electron chi connectivity index (χ4n) is 1.95. The number of aliphatic imine (C=N–C) groups is 1. The van der Waals surface area contributed by atoms with Gasteiger partial charge in [0.15, 0.2) is 5.96 Å². The first kappa shape index (κ1) is 11.2. The van der Waals surface area contributed by atoms with E-state index in [1.165, 1.54) is 12.1 Å². The van der Waals surface area contributed by atoms with Crippen LogP contribution in [-0.2, 0) is 0 Å². The average molecular weight is 242 g/mol. The van der Waals surface area contributed by atoms with E-state index in [9.17, 15) is 4.39 Å². The summed E-state index contributed by atoms with van der Waals surface area (Å²) < 4.78 is 13.7. The summed E-state index contributed by atoms with van der Waals surface area (Å²) in [6, 6.07) is 4.41. The molecule has 1 unspecified atom stereocenters. The van der Waals surface area contributed by atoms with Gasteiger partial charge in [0.2, 0.25) is 0 Å². The second-order valence-corrected chi connectivity index (χ2v) is 4.10. The van der Waals surface area contributed by atoms with Gasteiger partial charge in [-0.05, 0) is 25.1 Å². The molecule has 3 nitrogen and oxygen atoms in total. The van der Waals surface area contributed by atoms with E-state index in [0.717, 1.165) is 0 Å². The summed E-state index contributed by atoms with van der Waals surface area (Å²) in [4.78, 5) is 6.00. The Morgan fingerprint density at radius 3 is 3.06 bits per heavy atom. The SMILES string of the molecule is CCN1C(N)=NCC1c1cc(Cl)ccc1F. The zero-order chi connectivity index (χ0) is 11.7. The molecule has 0 spiro atoms. The van der Waals surface area contributed by atoms with Gasteiger partial charge in [-0.25, -0.2) is 4.39 Å². The minimum absolute atomic E-state index is 0.135. The second-order valence-electron chi connectivity index (χ2n) is 3.67. The Kier molecular flexibility index (Phi) is 3.01. The number of benzene rings is 1. The van der Waals surface area contributed by atoms with Crippen LogP contribution in [0.5, 0.6) is 0 Å². The van der Waals surface area contributed by atoms with E-state index in [1.807, 2.05) is 11.8 Å². The van der Waals surface area contributed by atoms with Gasteiger partial charge in [-0.1, -0.05) is 11.6 Å². The monoisotopic (exact) mass is 241 g/mol. The molecule has 0 saturated carbocycles. The summed E-state index contributed by atoms with van der Waals surface area (Å²) >= 11 is 5.87. The van der Waals surface area contributed by atoms with Crippen molar-refractivity contribution in [3.8, 4) is 0 Å². The van der Waals surface area contributed by atoms with Crippen molar-refractivity contribution in [1.82, 2.24) is 4.90 Å². The normalized spacial score (nSPS) is 20.1. The van der Waals surface area contributed by atoms with Gasteiger partial charge in [-0.2, -0.15) is 0 Å². The highest BCUT2D eigenvalue weighted by atomic mass is 35.5. The molecule has 1 aromatic carbocycles. The molecule has 2 N–H and O–H groups in total. The number of hydrogen-bond donors (Lipinski definition) is 1. The van der Waals surface area contributed by atoms with E-state index in [2.05, 4.69) is 4.99 Å². The van der Waals surface area contributed by atoms with Crippen LogP contribution in [0, 0.1) is 5.82 Å². The molecule has 0 aromatic heterocycles. The van der Waals surface area contributed by atoms with Crippen LogP contribution in [0.25, 0.3) is 0 Å². The molecule has 1 heterocycles. The van der Waals surface area contributed by atoms with Crippen LogP contribution in [0.2, 0.25) is 5.02 Å². The summed E-state index contributed by atoms with van der Waals surface area (Å²) in [6.07, 6.45) is 0. The fraction of sp³-hybridized carbons (Fsp3) is 0.364. The number of halogens is 2. The smallest absolute Gasteiger partial charge is 0.191 e. The Balaban J connectivity index is 2.35. The number of rotatable bonds is 2. The lowest BCUT2D eigenvalue weighted by molar-refractivity contribution is 0.354. The number of nitrogens with zero attached hydrogens (tertiary/aromatic N) is 2. The summed E-state index contributed by atoms with van der Waals surface area (Å²) in [6.45, 7) is 3.14. The lowest BCUT2D eigenvalue weighted by Crippen LogP contribution is -2.36. The van der Waals surface area contributed by atoms with Crippen LogP contribution in [0.3, 0.4) is 0 Å².